The van der Waals surface area contributed by atoms with Crippen LogP contribution < -0.4 is 57.8 Å². The standard InChI is InChI=1S/C21H28N2O.C21H30N2O.2C20H27N3O.2C20H29N3O/c1-5-23(19-9-6-16(4)22-13-19)18-10-11-21(20(12-18)15(2)3)24-14-17-7-8-17;1-7-23(19-9-8-17(6)22-13-19)18-10-11-21(24-14-15(2)3)20(12-18)16(4)5;1-5-23(20-12-21-15(4)11-22-20)17-8-9-19(18(10-17)14(2)3)24-13-16-6-7-16;1-5-23(20-21-11-15(4)12-22-20)17-8-9-19(18(10-17)14(2)3)24-13-16-6-7-16;1-7-23(20-12-21-16(6)11-22-20)17-8-9-19(24-13-14(2)3)18(10-17)15(4)5;1-7-23(20-21-11-16(6)12-22-20)17-8-9-19(24-13-14(2)3)18(10-17)15(4)5/h6,9-13,15,17H,5,7-8,14H2,1-4H3;8-13,15-16H,7,14H2,1-6H3;2*8-12,14,16H,5-7,13H2,1-4H3;2*8-12,14-15H,7,13H2,1-6H3. The van der Waals surface area contributed by atoms with E-state index in [1.54, 1.807) is 0 Å². The highest BCUT2D eigenvalue weighted by Gasteiger charge is 2.28. The summed E-state index contributed by atoms with van der Waals surface area (Å²) in [4.78, 5) is 57.7. The molecule has 0 saturated heterocycles. The van der Waals surface area contributed by atoms with Crippen molar-refractivity contribution in [3.8, 4) is 34.5 Å². The minimum Gasteiger partial charge on any atom is -0.493 e. The fraction of sp³-hybridized carbons (Fsp3) is 0.492. The molecule has 22 nitrogen and oxygen atoms in total. The van der Waals surface area contributed by atoms with E-state index in [0.717, 1.165) is 223 Å². The molecule has 144 heavy (non-hydrogen) atoms. The van der Waals surface area contributed by atoms with Gasteiger partial charge in [-0.2, -0.15) is 0 Å². The Hall–Kier alpha value is -12.5. The van der Waals surface area contributed by atoms with Crippen molar-refractivity contribution in [1.82, 2.24) is 49.8 Å². The van der Waals surface area contributed by atoms with Gasteiger partial charge in [0, 0.05) is 110 Å². The third-order valence-electron chi connectivity index (χ3n) is 25.2. The van der Waals surface area contributed by atoms with Crippen molar-refractivity contribution >= 4 is 69.0 Å². The second kappa shape index (κ2) is 56.1. The molecule has 3 saturated carbocycles. The fourth-order valence-corrected chi connectivity index (χ4v) is 16.2. The number of ether oxygens (including phenoxy) is 6. The maximum Gasteiger partial charge on any atom is 0.229 e. The number of hydrogen-bond acceptors (Lipinski definition) is 22. The quantitative estimate of drug-likeness (QED) is 0.0349. The number of anilines is 12. The monoisotopic (exact) mass is 1960 g/mol. The highest BCUT2D eigenvalue weighted by atomic mass is 16.5. The van der Waals surface area contributed by atoms with Gasteiger partial charge in [-0.25, -0.2) is 29.9 Å². The van der Waals surface area contributed by atoms with E-state index in [9.17, 15) is 0 Å². The zero-order chi connectivity index (χ0) is 104. The third-order valence-corrected chi connectivity index (χ3v) is 25.2. The van der Waals surface area contributed by atoms with Crippen molar-refractivity contribution in [2.24, 2.45) is 35.5 Å². The molecule has 0 spiro atoms. The van der Waals surface area contributed by atoms with Gasteiger partial charge in [0.15, 0.2) is 11.6 Å². The molecule has 0 atom stereocenters. The lowest BCUT2D eigenvalue weighted by molar-refractivity contribution is 0.268. The zero-order valence-electron chi connectivity index (χ0n) is 92.7. The Bertz CT molecular complexity index is 4930. The first-order chi connectivity index (χ1) is 69.0. The minimum absolute atomic E-state index is 0.393. The molecular formula is C122H170N16O6. The molecular weight excluding hydrogens is 1790 g/mol. The SMILES string of the molecule is CCN(c1ccc(C)nc1)c1ccc(OCC(C)C)c(C(C)C)c1.CCN(c1ccc(C)nc1)c1ccc(OCC2CC2)c(C(C)C)c1.CCN(c1ccc(OCC(C)C)c(C(C)C)c1)c1cnc(C)cn1.CCN(c1ccc(OCC(C)C)c(C(C)C)c1)c1ncc(C)cn1.CCN(c1ccc(OCC2CC2)c(C(C)C)c1)c1cnc(C)cn1.CCN(c1ccc(OCC2CC2)c(C(C)C)c1)c1ncc(C)cn1. The van der Waals surface area contributed by atoms with Crippen LogP contribution in [0.5, 0.6) is 34.5 Å². The maximum absolute atomic E-state index is 6.08. The van der Waals surface area contributed by atoms with Gasteiger partial charge in [0.25, 0.3) is 0 Å². The molecule has 0 radical (unpaired) electrons. The summed E-state index contributed by atoms with van der Waals surface area (Å²) in [6.45, 7) is 74.2. The van der Waals surface area contributed by atoms with Crippen LogP contribution in [0, 0.1) is 77.0 Å². The van der Waals surface area contributed by atoms with Crippen LogP contribution in [0.25, 0.3) is 0 Å². The highest BCUT2D eigenvalue weighted by Crippen LogP contribution is 2.43. The number of aryl methyl sites for hydroxylation is 6. The summed E-state index contributed by atoms with van der Waals surface area (Å²) in [6.07, 6.45) is 26.5. The van der Waals surface area contributed by atoms with Crippen LogP contribution in [0.15, 0.2) is 195 Å². The molecule has 15 rings (SSSR count). The molecule has 3 aliphatic rings. The molecule has 3 aliphatic carbocycles. The van der Waals surface area contributed by atoms with Gasteiger partial charge >= 0.3 is 0 Å². The molecule has 6 heterocycles. The lowest BCUT2D eigenvalue weighted by Crippen LogP contribution is -2.19. The van der Waals surface area contributed by atoms with Gasteiger partial charge in [-0.15, -0.1) is 0 Å². The van der Waals surface area contributed by atoms with Gasteiger partial charge in [-0.3, -0.25) is 19.9 Å². The molecule has 12 aromatic rings. The molecule has 3 fully saturated rings. The van der Waals surface area contributed by atoms with Crippen molar-refractivity contribution in [3.63, 3.8) is 0 Å². The van der Waals surface area contributed by atoms with Crippen LogP contribution in [0.4, 0.5) is 69.0 Å². The Labute approximate surface area is 864 Å². The lowest BCUT2D eigenvalue weighted by Gasteiger charge is -2.25. The van der Waals surface area contributed by atoms with Crippen LogP contribution in [0.2, 0.25) is 0 Å². The van der Waals surface area contributed by atoms with E-state index >= 15 is 0 Å². The molecule has 0 amide bonds. The van der Waals surface area contributed by atoms with Crippen LogP contribution in [-0.2, 0) is 0 Å². The Balaban J connectivity index is 0.000000177. The molecule has 0 aliphatic heterocycles. The Morgan fingerprint density at radius 3 is 0.653 bits per heavy atom. The Morgan fingerprint density at radius 2 is 0.451 bits per heavy atom. The number of nitrogens with zero attached hydrogens (tertiary/aromatic N) is 16. The van der Waals surface area contributed by atoms with Crippen LogP contribution in [-0.4, -0.2) is 129 Å². The van der Waals surface area contributed by atoms with Crippen molar-refractivity contribution in [3.05, 3.63) is 263 Å². The van der Waals surface area contributed by atoms with E-state index in [1.807, 2.05) is 104 Å². The summed E-state index contributed by atoms with van der Waals surface area (Å²) < 4.78 is 36.2. The van der Waals surface area contributed by atoms with E-state index in [1.165, 1.54) is 83.3 Å². The van der Waals surface area contributed by atoms with E-state index < -0.39 is 0 Å². The number of hydrogen-bond donors (Lipinski definition) is 0. The summed E-state index contributed by atoms with van der Waals surface area (Å²) in [5, 5.41) is 0. The number of rotatable bonds is 42. The largest absolute Gasteiger partial charge is 0.493 e. The second-order valence-corrected chi connectivity index (χ2v) is 41.6. The van der Waals surface area contributed by atoms with Gasteiger partial charge in [0.1, 0.15) is 34.5 Å². The average Bonchev–Trinajstić information content (AvgIpc) is 1.62. The zero-order valence-corrected chi connectivity index (χ0v) is 92.7. The van der Waals surface area contributed by atoms with Gasteiger partial charge in [0.2, 0.25) is 11.9 Å². The van der Waals surface area contributed by atoms with Gasteiger partial charge in [0.05, 0.1) is 99.6 Å². The van der Waals surface area contributed by atoms with Crippen LogP contribution in [0.3, 0.4) is 0 Å². The van der Waals surface area contributed by atoms with Crippen molar-refractivity contribution in [2.45, 2.75) is 282 Å². The molecule has 0 N–H and O–H groups in total. The predicted octanol–water partition coefficient (Wildman–Crippen LogP) is 31.1. The number of aromatic nitrogens is 10. The molecule has 774 valence electrons. The van der Waals surface area contributed by atoms with E-state index in [0.29, 0.717) is 53.3 Å². The lowest BCUT2D eigenvalue weighted by atomic mass is 10.0. The van der Waals surface area contributed by atoms with E-state index in [2.05, 4.69) is 379 Å². The van der Waals surface area contributed by atoms with E-state index in [4.69, 9.17) is 28.4 Å². The predicted molar refractivity (Wildman–Crippen MR) is 600 cm³/mol. The van der Waals surface area contributed by atoms with Crippen molar-refractivity contribution in [1.29, 1.82) is 0 Å². The van der Waals surface area contributed by atoms with Gasteiger partial charge in [-0.05, 0) is 371 Å². The average molecular weight is 1960 g/mol. The summed E-state index contributed by atoms with van der Waals surface area (Å²) >= 11 is 0. The van der Waals surface area contributed by atoms with Crippen molar-refractivity contribution in [2.75, 3.05) is 108 Å². The van der Waals surface area contributed by atoms with Crippen molar-refractivity contribution < 1.29 is 28.4 Å². The molecule has 6 aromatic carbocycles. The summed E-state index contributed by atoms with van der Waals surface area (Å²) in [7, 11) is 0. The van der Waals surface area contributed by atoms with Crippen LogP contribution in [0.1, 0.15) is 307 Å². The molecule has 0 bridgehead atoms. The molecule has 22 heteroatoms. The minimum atomic E-state index is 0.393. The summed E-state index contributed by atoms with van der Waals surface area (Å²) in [5.74, 6) is 15.6. The smallest absolute Gasteiger partial charge is 0.229 e. The maximum atomic E-state index is 6.08. The topological polar surface area (TPSA) is 204 Å². The van der Waals surface area contributed by atoms with E-state index in [-0.39, 0.29) is 0 Å². The summed E-state index contributed by atoms with van der Waals surface area (Å²) in [6, 6.07) is 47.1. The second-order valence-electron chi connectivity index (χ2n) is 41.6. The number of benzene rings is 6. The number of pyridine rings is 2. The normalized spacial score (nSPS) is 12.6. The van der Waals surface area contributed by atoms with Gasteiger partial charge < -0.3 is 57.8 Å². The first-order valence-corrected chi connectivity index (χ1v) is 53.3. The van der Waals surface area contributed by atoms with Gasteiger partial charge in [-0.1, -0.05) is 125 Å². The first kappa shape index (κ1) is 113. The summed E-state index contributed by atoms with van der Waals surface area (Å²) in [5.41, 5.74) is 22.7. The van der Waals surface area contributed by atoms with Crippen LogP contribution >= 0.6 is 0 Å². The highest BCUT2D eigenvalue weighted by molar-refractivity contribution is 5.69. The first-order valence-electron chi connectivity index (χ1n) is 53.3. The Morgan fingerprint density at radius 1 is 0.229 bits per heavy atom. The fourth-order valence-electron chi connectivity index (χ4n) is 16.2. The Kier molecular flexibility index (Phi) is 44.2. The third kappa shape index (κ3) is 34.6. The molecule has 6 aromatic heterocycles. The molecule has 0 unspecified atom stereocenters.